The van der Waals surface area contributed by atoms with Gasteiger partial charge in [0, 0.05) is 61.0 Å². The van der Waals surface area contributed by atoms with Gasteiger partial charge in [0.25, 0.3) is 5.91 Å². The molecule has 2 aromatic heterocycles. The normalized spacial score (nSPS) is 13.7. The predicted molar refractivity (Wildman–Crippen MR) is 149 cm³/mol. The van der Waals surface area contributed by atoms with Crippen LogP contribution in [-0.4, -0.2) is 52.8 Å². The van der Waals surface area contributed by atoms with Gasteiger partial charge in [-0.05, 0) is 47.0 Å². The molecule has 0 unspecified atom stereocenters. The number of nitrogen functional groups attached to an aromatic ring is 1. The number of pyridine rings is 2. The quantitative estimate of drug-likeness (QED) is 0.244. The number of nitrogens with two attached hydrogens (primary N) is 1. The van der Waals surface area contributed by atoms with E-state index in [1.54, 1.807) is 30.6 Å². The van der Waals surface area contributed by atoms with Crippen molar-refractivity contribution in [2.75, 3.05) is 37.4 Å². The van der Waals surface area contributed by atoms with Gasteiger partial charge in [-0.3, -0.25) is 25.1 Å². The molecule has 1 amide bonds. The van der Waals surface area contributed by atoms with Crippen LogP contribution in [-0.2, 0) is 22.5 Å². The highest BCUT2D eigenvalue weighted by Gasteiger charge is 2.17. The minimum Gasteiger partial charge on any atom is -0.398 e. The molecular formula is C30H30N6O2. The molecule has 0 bridgehead atoms. The zero-order valence-corrected chi connectivity index (χ0v) is 21.1. The average Bonchev–Trinajstić information content (AvgIpc) is 2.95. The number of hydrogen-bond acceptors (Lipinski definition) is 7. The lowest BCUT2D eigenvalue weighted by atomic mass is 9.99. The van der Waals surface area contributed by atoms with Gasteiger partial charge in [0.2, 0.25) is 0 Å². The van der Waals surface area contributed by atoms with Gasteiger partial charge in [0.05, 0.1) is 25.1 Å². The van der Waals surface area contributed by atoms with Gasteiger partial charge in [0.1, 0.15) is 5.71 Å². The molecule has 0 radical (unpaired) electrons. The topological polar surface area (TPSA) is 117 Å². The number of amides is 1. The van der Waals surface area contributed by atoms with E-state index in [-0.39, 0.29) is 5.71 Å². The Balaban J connectivity index is 1.27. The molecule has 0 atom stereocenters. The molecule has 0 saturated carbocycles. The van der Waals surface area contributed by atoms with Crippen LogP contribution >= 0.6 is 0 Å². The van der Waals surface area contributed by atoms with E-state index in [0.29, 0.717) is 23.4 Å². The number of nitrogens with one attached hydrogen (secondary N) is 2. The minimum absolute atomic E-state index is 0.213. The predicted octanol–water partition coefficient (Wildman–Crippen LogP) is 4.16. The molecule has 1 saturated heterocycles. The molecule has 4 N–H and O–H groups in total. The molecule has 8 heteroatoms. The lowest BCUT2D eigenvalue weighted by molar-refractivity contribution is -0.110. The Kier molecular flexibility index (Phi) is 7.82. The molecule has 0 spiro atoms. The Morgan fingerprint density at radius 2 is 1.76 bits per heavy atom. The van der Waals surface area contributed by atoms with Crippen LogP contribution in [0.5, 0.6) is 0 Å². The van der Waals surface area contributed by atoms with Crippen molar-refractivity contribution >= 4 is 23.0 Å². The highest BCUT2D eigenvalue weighted by molar-refractivity contribution is 6.48. The van der Waals surface area contributed by atoms with Crippen LogP contribution in [0.15, 0.2) is 85.3 Å². The van der Waals surface area contributed by atoms with E-state index in [2.05, 4.69) is 26.3 Å². The summed E-state index contributed by atoms with van der Waals surface area (Å²) in [7, 11) is 0. The maximum Gasteiger partial charge on any atom is 0.274 e. The molecule has 1 aliphatic heterocycles. The summed E-state index contributed by atoms with van der Waals surface area (Å²) in [6.45, 7) is 4.07. The average molecular weight is 507 g/mol. The maximum atomic E-state index is 12.9. The fourth-order valence-electron chi connectivity index (χ4n) is 4.43. The first kappa shape index (κ1) is 25.3. The Hall–Kier alpha value is -4.40. The zero-order chi connectivity index (χ0) is 26.3. The number of aromatic nitrogens is 2. The highest BCUT2D eigenvalue weighted by atomic mass is 16.5. The van der Waals surface area contributed by atoms with E-state index in [1.165, 1.54) is 0 Å². The Bertz CT molecular complexity index is 1420. The second-order valence-corrected chi connectivity index (χ2v) is 9.30. The second kappa shape index (κ2) is 11.8. The number of ether oxygens (including phenoxy) is 1. The van der Waals surface area contributed by atoms with Gasteiger partial charge in [-0.15, -0.1) is 0 Å². The molecule has 4 aromatic rings. The van der Waals surface area contributed by atoms with E-state index in [0.717, 1.165) is 60.8 Å². The van der Waals surface area contributed by atoms with Crippen LogP contribution in [0, 0.1) is 5.41 Å². The van der Waals surface area contributed by atoms with E-state index in [4.69, 9.17) is 15.9 Å². The summed E-state index contributed by atoms with van der Waals surface area (Å²) in [6.07, 6.45) is 5.96. The number of anilines is 2. The van der Waals surface area contributed by atoms with Gasteiger partial charge >= 0.3 is 0 Å². The van der Waals surface area contributed by atoms with Crippen molar-refractivity contribution in [1.29, 1.82) is 5.41 Å². The zero-order valence-electron chi connectivity index (χ0n) is 21.1. The molecule has 8 nitrogen and oxygen atoms in total. The minimum atomic E-state index is -0.550. The van der Waals surface area contributed by atoms with Crippen molar-refractivity contribution in [1.82, 2.24) is 14.9 Å². The summed E-state index contributed by atoms with van der Waals surface area (Å²) in [4.78, 5) is 24.1. The lowest BCUT2D eigenvalue weighted by Gasteiger charge is -2.26. The Morgan fingerprint density at radius 3 is 2.53 bits per heavy atom. The number of morpholine rings is 1. The monoisotopic (exact) mass is 506 g/mol. The highest BCUT2D eigenvalue weighted by Crippen LogP contribution is 2.25. The van der Waals surface area contributed by atoms with E-state index >= 15 is 0 Å². The van der Waals surface area contributed by atoms with Gasteiger partial charge in [-0.1, -0.05) is 36.4 Å². The second-order valence-electron chi connectivity index (χ2n) is 9.30. The van der Waals surface area contributed by atoms with E-state index in [9.17, 15) is 4.79 Å². The van der Waals surface area contributed by atoms with Crippen molar-refractivity contribution < 1.29 is 9.53 Å². The van der Waals surface area contributed by atoms with Gasteiger partial charge in [-0.2, -0.15) is 0 Å². The summed E-state index contributed by atoms with van der Waals surface area (Å²) in [5.41, 5.74) is 12.1. The smallest absolute Gasteiger partial charge is 0.274 e. The summed E-state index contributed by atoms with van der Waals surface area (Å²) < 4.78 is 5.44. The SMILES string of the molecule is N=C(C(=O)Nc1ccc(Cc2ccccc2)nc1)c1cc(-c2cncc(CN3CCOCC3)c2)ccc1N. The summed E-state index contributed by atoms with van der Waals surface area (Å²) in [5, 5.41) is 11.3. The van der Waals surface area contributed by atoms with E-state index < -0.39 is 5.91 Å². The number of nitrogens with zero attached hydrogens (tertiary/aromatic N) is 3. The molecule has 38 heavy (non-hydrogen) atoms. The largest absolute Gasteiger partial charge is 0.398 e. The lowest BCUT2D eigenvalue weighted by Crippen LogP contribution is -2.35. The Labute approximate surface area is 222 Å². The van der Waals surface area contributed by atoms with Crippen LogP contribution in [0.2, 0.25) is 0 Å². The van der Waals surface area contributed by atoms with Crippen molar-refractivity contribution in [3.05, 3.63) is 108 Å². The number of carbonyl (C=O) groups excluding carboxylic acids is 1. The first-order chi connectivity index (χ1) is 18.5. The molecule has 2 aromatic carbocycles. The molecule has 0 aliphatic carbocycles. The van der Waals surface area contributed by atoms with Gasteiger partial charge in [0.15, 0.2) is 0 Å². The Morgan fingerprint density at radius 1 is 0.947 bits per heavy atom. The number of benzene rings is 2. The third kappa shape index (κ3) is 6.29. The van der Waals surface area contributed by atoms with E-state index in [1.807, 2.05) is 48.7 Å². The van der Waals surface area contributed by atoms with Gasteiger partial charge < -0.3 is 15.8 Å². The molecule has 192 valence electrons. The molecule has 3 heterocycles. The first-order valence-electron chi connectivity index (χ1n) is 12.6. The third-order valence-corrected chi connectivity index (χ3v) is 6.50. The first-order valence-corrected chi connectivity index (χ1v) is 12.6. The fourth-order valence-corrected chi connectivity index (χ4v) is 4.43. The summed E-state index contributed by atoms with van der Waals surface area (Å²) in [5.74, 6) is -0.550. The molecule has 1 aliphatic rings. The standard InChI is InChI=1S/C30H30N6O2/c31-28-9-6-23(24-14-22(17-33-18-24)20-36-10-12-38-13-11-36)16-27(28)29(32)30(37)35-26-8-7-25(34-19-26)15-21-4-2-1-3-5-21/h1-9,14,16-19,32H,10-13,15,20,31H2,(H,35,37). The van der Waals surface area contributed by atoms with Crippen LogP contribution < -0.4 is 11.1 Å². The molecule has 1 fully saturated rings. The number of hydrogen-bond donors (Lipinski definition) is 3. The maximum absolute atomic E-state index is 12.9. The van der Waals surface area contributed by atoms with Crippen molar-refractivity contribution in [2.45, 2.75) is 13.0 Å². The van der Waals surface area contributed by atoms with Crippen molar-refractivity contribution in [2.24, 2.45) is 0 Å². The van der Waals surface area contributed by atoms with Gasteiger partial charge in [-0.25, -0.2) is 0 Å². The summed E-state index contributed by atoms with van der Waals surface area (Å²) in [6, 6.07) is 21.2. The number of carbonyl (C=O) groups is 1. The van der Waals surface area contributed by atoms with Crippen LogP contribution in [0.3, 0.4) is 0 Å². The summed E-state index contributed by atoms with van der Waals surface area (Å²) >= 11 is 0. The van der Waals surface area contributed by atoms with Crippen LogP contribution in [0.4, 0.5) is 11.4 Å². The molecule has 5 rings (SSSR count). The third-order valence-electron chi connectivity index (χ3n) is 6.50. The van der Waals surface area contributed by atoms with Crippen molar-refractivity contribution in [3.63, 3.8) is 0 Å². The van der Waals surface area contributed by atoms with Crippen LogP contribution in [0.1, 0.15) is 22.4 Å². The fraction of sp³-hybridized carbons (Fsp3) is 0.200. The number of rotatable bonds is 8. The van der Waals surface area contributed by atoms with Crippen LogP contribution in [0.25, 0.3) is 11.1 Å². The van der Waals surface area contributed by atoms with Crippen molar-refractivity contribution in [3.8, 4) is 11.1 Å². The molecular weight excluding hydrogens is 476 g/mol.